The second kappa shape index (κ2) is 9.23. The molecule has 24 heavy (non-hydrogen) atoms. The van der Waals surface area contributed by atoms with Crippen molar-refractivity contribution in [3.63, 3.8) is 0 Å². The zero-order valence-electron chi connectivity index (χ0n) is 14.5. The van der Waals surface area contributed by atoms with Gasteiger partial charge < -0.3 is 16.0 Å². The van der Waals surface area contributed by atoms with Gasteiger partial charge in [-0.05, 0) is 45.2 Å². The van der Waals surface area contributed by atoms with E-state index in [-0.39, 0.29) is 23.9 Å². The van der Waals surface area contributed by atoms with Gasteiger partial charge in [-0.25, -0.2) is 0 Å². The molecule has 1 aromatic carbocycles. The average Bonchev–Trinajstić information content (AvgIpc) is 2.56. The molecule has 0 aliphatic carbocycles. The fourth-order valence-corrected chi connectivity index (χ4v) is 2.78. The van der Waals surface area contributed by atoms with Gasteiger partial charge in [0.2, 0.25) is 11.8 Å². The number of benzene rings is 1. The van der Waals surface area contributed by atoms with Crippen LogP contribution in [0.1, 0.15) is 30.4 Å². The predicted molar refractivity (Wildman–Crippen MR) is 95.7 cm³/mol. The highest BCUT2D eigenvalue weighted by atomic mass is 16.2. The lowest BCUT2D eigenvalue weighted by Crippen LogP contribution is -2.47. The van der Waals surface area contributed by atoms with Crippen molar-refractivity contribution < 1.29 is 9.59 Å². The van der Waals surface area contributed by atoms with Crippen molar-refractivity contribution in [1.29, 1.82) is 0 Å². The van der Waals surface area contributed by atoms with Crippen LogP contribution >= 0.6 is 0 Å². The number of amides is 2. The highest BCUT2D eigenvalue weighted by molar-refractivity contribution is 5.88. The molecule has 0 saturated carbocycles. The lowest BCUT2D eigenvalue weighted by atomic mass is 10.0. The lowest BCUT2D eigenvalue weighted by Gasteiger charge is -2.21. The van der Waals surface area contributed by atoms with Gasteiger partial charge >= 0.3 is 0 Å². The standard InChI is InChI=1S/C19H27N3O2/c1-14-6-8-15(9-7-14)13-16-10-11-18(23)21-12-4-3-5-17(20-2)19(24)22-16/h6-11,16-17,20H,3-5,12-13H2,1-2H3,(H,21,23)(H,22,24)/b11-10+/t16-,17+/m1/s1. The molecular formula is C19H27N3O2. The van der Waals surface area contributed by atoms with Gasteiger partial charge in [0.25, 0.3) is 0 Å². The van der Waals surface area contributed by atoms with E-state index < -0.39 is 0 Å². The molecule has 0 bridgehead atoms. The van der Waals surface area contributed by atoms with E-state index in [2.05, 4.69) is 40.2 Å². The summed E-state index contributed by atoms with van der Waals surface area (Å²) in [7, 11) is 1.81. The fourth-order valence-electron chi connectivity index (χ4n) is 2.78. The largest absolute Gasteiger partial charge is 0.353 e. The molecule has 1 aliphatic heterocycles. The molecule has 5 heteroatoms. The maximum atomic E-state index is 12.5. The molecule has 2 atom stereocenters. The summed E-state index contributed by atoms with van der Waals surface area (Å²) in [5.41, 5.74) is 2.33. The molecule has 130 valence electrons. The molecule has 0 radical (unpaired) electrons. The number of hydrogen-bond donors (Lipinski definition) is 3. The van der Waals surface area contributed by atoms with Crippen molar-refractivity contribution >= 4 is 11.8 Å². The molecule has 1 heterocycles. The Morgan fingerprint density at radius 1 is 1.17 bits per heavy atom. The quantitative estimate of drug-likeness (QED) is 0.786. The van der Waals surface area contributed by atoms with Crippen LogP contribution in [0.25, 0.3) is 0 Å². The number of likely N-dealkylation sites (N-methyl/N-ethyl adjacent to an activating group) is 1. The first-order valence-corrected chi connectivity index (χ1v) is 8.57. The highest BCUT2D eigenvalue weighted by Crippen LogP contribution is 2.09. The summed E-state index contributed by atoms with van der Waals surface area (Å²) < 4.78 is 0. The van der Waals surface area contributed by atoms with E-state index in [1.54, 1.807) is 6.08 Å². The smallest absolute Gasteiger partial charge is 0.243 e. The summed E-state index contributed by atoms with van der Waals surface area (Å²) in [5.74, 6) is -0.121. The third kappa shape index (κ3) is 5.81. The van der Waals surface area contributed by atoms with Crippen LogP contribution in [0.4, 0.5) is 0 Å². The number of hydrogen-bond acceptors (Lipinski definition) is 3. The molecule has 1 aliphatic rings. The Balaban J connectivity index is 2.13. The van der Waals surface area contributed by atoms with Gasteiger partial charge in [-0.15, -0.1) is 0 Å². The van der Waals surface area contributed by atoms with Crippen LogP contribution in [0, 0.1) is 6.92 Å². The highest BCUT2D eigenvalue weighted by Gasteiger charge is 2.19. The predicted octanol–water partition coefficient (Wildman–Crippen LogP) is 1.47. The van der Waals surface area contributed by atoms with Crippen molar-refractivity contribution in [2.75, 3.05) is 13.6 Å². The van der Waals surface area contributed by atoms with Gasteiger partial charge in [-0.2, -0.15) is 0 Å². The van der Waals surface area contributed by atoms with E-state index in [1.807, 2.05) is 14.0 Å². The number of carbonyl (C=O) groups excluding carboxylic acids is 2. The molecule has 5 nitrogen and oxygen atoms in total. The molecular weight excluding hydrogens is 302 g/mol. The van der Waals surface area contributed by atoms with Crippen LogP contribution in [-0.4, -0.2) is 37.5 Å². The number of carbonyl (C=O) groups is 2. The Kier molecular flexibility index (Phi) is 7.00. The second-order valence-corrected chi connectivity index (χ2v) is 6.29. The first-order valence-electron chi connectivity index (χ1n) is 8.57. The lowest BCUT2D eigenvalue weighted by molar-refractivity contribution is -0.123. The topological polar surface area (TPSA) is 70.2 Å². The summed E-state index contributed by atoms with van der Waals surface area (Å²) in [4.78, 5) is 24.3. The van der Waals surface area contributed by atoms with Crippen LogP contribution in [0.3, 0.4) is 0 Å². The average molecular weight is 329 g/mol. The summed E-state index contributed by atoms with van der Waals surface area (Å²) in [6.45, 7) is 2.69. The molecule has 2 amide bonds. The Labute approximate surface area is 143 Å². The molecule has 0 saturated heterocycles. The van der Waals surface area contributed by atoms with Gasteiger partial charge in [0.1, 0.15) is 0 Å². The van der Waals surface area contributed by atoms with Crippen molar-refractivity contribution in [2.45, 2.75) is 44.7 Å². The molecule has 0 fully saturated rings. The number of rotatable bonds is 3. The first kappa shape index (κ1) is 18.2. The number of nitrogens with one attached hydrogen (secondary N) is 3. The van der Waals surface area contributed by atoms with Gasteiger partial charge in [-0.1, -0.05) is 35.9 Å². The normalized spacial score (nSPS) is 24.2. The first-order chi connectivity index (χ1) is 11.6. The van der Waals surface area contributed by atoms with Gasteiger partial charge in [0.15, 0.2) is 0 Å². The third-order valence-corrected chi connectivity index (χ3v) is 4.27. The van der Waals surface area contributed by atoms with E-state index in [1.165, 1.54) is 11.6 Å². The maximum Gasteiger partial charge on any atom is 0.243 e. The number of aryl methyl sites for hydroxylation is 1. The van der Waals surface area contributed by atoms with Crippen LogP contribution in [-0.2, 0) is 16.0 Å². The summed E-state index contributed by atoms with van der Waals surface area (Å²) in [6, 6.07) is 7.82. The fraction of sp³-hybridized carbons (Fsp3) is 0.474. The van der Waals surface area contributed by atoms with E-state index in [9.17, 15) is 9.59 Å². The van der Waals surface area contributed by atoms with E-state index in [0.717, 1.165) is 24.8 Å². The summed E-state index contributed by atoms with van der Waals surface area (Å²) in [5, 5.41) is 9.01. The van der Waals surface area contributed by atoms with Crippen molar-refractivity contribution in [3.05, 3.63) is 47.5 Å². The van der Waals surface area contributed by atoms with Gasteiger partial charge in [0.05, 0.1) is 12.1 Å². The monoisotopic (exact) mass is 329 g/mol. The Morgan fingerprint density at radius 2 is 1.92 bits per heavy atom. The van der Waals surface area contributed by atoms with Crippen LogP contribution in [0.2, 0.25) is 0 Å². The molecule has 0 aromatic heterocycles. The summed E-state index contributed by atoms with van der Waals surface area (Å²) >= 11 is 0. The minimum absolute atomic E-state index is 0.0137. The Hall–Kier alpha value is -2.14. The van der Waals surface area contributed by atoms with E-state index in [0.29, 0.717) is 13.0 Å². The minimum Gasteiger partial charge on any atom is -0.353 e. The second-order valence-electron chi connectivity index (χ2n) is 6.29. The molecule has 0 unspecified atom stereocenters. The van der Waals surface area contributed by atoms with Gasteiger partial charge in [0, 0.05) is 12.6 Å². The SMILES string of the molecule is CN[C@H]1CCCCNC(=O)/C=C/[C@H](Cc2ccc(C)cc2)NC1=O. The maximum absolute atomic E-state index is 12.5. The van der Waals surface area contributed by atoms with Crippen molar-refractivity contribution in [3.8, 4) is 0 Å². The van der Waals surface area contributed by atoms with Crippen LogP contribution in [0.15, 0.2) is 36.4 Å². The van der Waals surface area contributed by atoms with Crippen LogP contribution < -0.4 is 16.0 Å². The van der Waals surface area contributed by atoms with Crippen molar-refractivity contribution in [1.82, 2.24) is 16.0 Å². The van der Waals surface area contributed by atoms with Crippen molar-refractivity contribution in [2.24, 2.45) is 0 Å². The Morgan fingerprint density at radius 3 is 2.62 bits per heavy atom. The van der Waals surface area contributed by atoms with Crippen LogP contribution in [0.5, 0.6) is 0 Å². The minimum atomic E-state index is -0.207. The third-order valence-electron chi connectivity index (χ3n) is 4.27. The molecule has 1 aromatic rings. The van der Waals surface area contributed by atoms with Gasteiger partial charge in [-0.3, -0.25) is 9.59 Å². The molecule has 3 N–H and O–H groups in total. The zero-order valence-corrected chi connectivity index (χ0v) is 14.5. The Bertz CT molecular complexity index is 581. The van der Waals surface area contributed by atoms with E-state index in [4.69, 9.17) is 0 Å². The summed E-state index contributed by atoms with van der Waals surface area (Å²) in [6.07, 6.45) is 6.49. The zero-order chi connectivity index (χ0) is 17.4. The molecule has 2 rings (SSSR count). The van der Waals surface area contributed by atoms with E-state index >= 15 is 0 Å². The molecule has 0 spiro atoms.